The third-order valence-electron chi connectivity index (χ3n) is 4.49. The van der Waals surface area contributed by atoms with Crippen LogP contribution in [-0.4, -0.2) is 60.9 Å². The predicted octanol–water partition coefficient (Wildman–Crippen LogP) is 3.81. The maximum absolute atomic E-state index is 12.4. The Bertz CT molecular complexity index is 886. The number of rotatable bonds is 6. The van der Waals surface area contributed by atoms with Crippen LogP contribution >= 0.6 is 34.8 Å². The molecule has 2 amide bonds. The first-order valence-electron chi connectivity index (χ1n) is 9.05. The van der Waals surface area contributed by atoms with E-state index in [1.54, 1.807) is 41.3 Å². The van der Waals surface area contributed by atoms with Crippen molar-refractivity contribution in [1.29, 1.82) is 0 Å². The van der Waals surface area contributed by atoms with E-state index in [0.29, 0.717) is 52.7 Å². The Morgan fingerprint density at radius 2 is 1.66 bits per heavy atom. The van der Waals surface area contributed by atoms with Crippen molar-refractivity contribution >= 4 is 52.3 Å². The average molecular weight is 457 g/mol. The number of para-hydroxylation sites is 1. The van der Waals surface area contributed by atoms with Crippen LogP contribution in [0.1, 0.15) is 0 Å². The summed E-state index contributed by atoms with van der Waals surface area (Å²) in [5.41, 5.74) is 0.590. The van der Waals surface area contributed by atoms with E-state index in [1.807, 2.05) is 11.0 Å². The van der Waals surface area contributed by atoms with Gasteiger partial charge in [-0.25, -0.2) is 0 Å². The van der Waals surface area contributed by atoms with Gasteiger partial charge in [-0.1, -0.05) is 46.9 Å². The second-order valence-corrected chi connectivity index (χ2v) is 7.77. The Labute approximate surface area is 184 Å². The van der Waals surface area contributed by atoms with Crippen LogP contribution in [0.15, 0.2) is 42.5 Å². The molecule has 154 valence electrons. The fraction of sp³-hybridized carbons (Fsp3) is 0.300. The van der Waals surface area contributed by atoms with Gasteiger partial charge in [0.05, 0.1) is 27.3 Å². The first kappa shape index (κ1) is 21.7. The molecule has 0 saturated carbocycles. The summed E-state index contributed by atoms with van der Waals surface area (Å²) in [4.78, 5) is 28.3. The number of carbonyl (C=O) groups excluding carboxylic acids is 2. The van der Waals surface area contributed by atoms with Gasteiger partial charge in [0, 0.05) is 32.2 Å². The van der Waals surface area contributed by atoms with Gasteiger partial charge in [0.15, 0.2) is 6.61 Å². The van der Waals surface area contributed by atoms with Crippen molar-refractivity contribution in [2.24, 2.45) is 0 Å². The molecule has 6 nitrogen and oxygen atoms in total. The normalized spacial score (nSPS) is 14.5. The number of benzene rings is 2. The van der Waals surface area contributed by atoms with Gasteiger partial charge in [0.1, 0.15) is 5.75 Å². The second-order valence-electron chi connectivity index (χ2n) is 6.55. The minimum Gasteiger partial charge on any atom is -0.484 e. The van der Waals surface area contributed by atoms with E-state index in [-0.39, 0.29) is 25.0 Å². The van der Waals surface area contributed by atoms with Gasteiger partial charge in [0.2, 0.25) is 5.91 Å². The number of amides is 2. The molecule has 9 heteroatoms. The van der Waals surface area contributed by atoms with Crippen LogP contribution in [0.4, 0.5) is 5.69 Å². The van der Waals surface area contributed by atoms with E-state index < -0.39 is 0 Å². The van der Waals surface area contributed by atoms with Gasteiger partial charge < -0.3 is 15.0 Å². The molecular weight excluding hydrogens is 437 g/mol. The number of hydrogen-bond donors (Lipinski definition) is 1. The van der Waals surface area contributed by atoms with Gasteiger partial charge in [-0.15, -0.1) is 0 Å². The Kier molecular flexibility index (Phi) is 7.61. The summed E-state index contributed by atoms with van der Waals surface area (Å²) in [6, 6.07) is 12.0. The quantitative estimate of drug-likeness (QED) is 0.718. The average Bonchev–Trinajstić information content (AvgIpc) is 2.71. The highest BCUT2D eigenvalue weighted by molar-refractivity contribution is 6.42. The highest BCUT2D eigenvalue weighted by Gasteiger charge is 2.23. The van der Waals surface area contributed by atoms with E-state index in [0.717, 1.165) is 0 Å². The molecule has 0 atom stereocenters. The summed E-state index contributed by atoms with van der Waals surface area (Å²) in [5.74, 6) is 0.236. The maximum Gasteiger partial charge on any atom is 0.260 e. The number of nitrogens with one attached hydrogen (secondary N) is 1. The number of nitrogens with zero attached hydrogens (tertiary/aromatic N) is 2. The number of halogens is 3. The molecule has 0 spiro atoms. The molecular formula is C20H20Cl3N3O3. The zero-order valence-electron chi connectivity index (χ0n) is 15.5. The third kappa shape index (κ3) is 6.24. The summed E-state index contributed by atoms with van der Waals surface area (Å²) < 4.78 is 5.50. The van der Waals surface area contributed by atoms with Gasteiger partial charge >= 0.3 is 0 Å². The van der Waals surface area contributed by atoms with Gasteiger partial charge in [-0.3, -0.25) is 14.5 Å². The predicted molar refractivity (Wildman–Crippen MR) is 115 cm³/mol. The van der Waals surface area contributed by atoms with Crippen molar-refractivity contribution in [3.63, 3.8) is 0 Å². The summed E-state index contributed by atoms with van der Waals surface area (Å²) in [6.45, 7) is 2.44. The van der Waals surface area contributed by atoms with E-state index in [4.69, 9.17) is 39.5 Å². The fourth-order valence-electron chi connectivity index (χ4n) is 2.91. The van der Waals surface area contributed by atoms with Crippen molar-refractivity contribution in [3.05, 3.63) is 57.5 Å². The van der Waals surface area contributed by atoms with Gasteiger partial charge in [-0.05, 0) is 24.3 Å². The standard InChI is InChI=1S/C20H20Cl3N3O3/c21-15-6-5-14(11-17(15)23)29-13-20(28)26-9-7-25(8-10-26)12-19(27)24-18-4-2-1-3-16(18)22/h1-6,11H,7-10,12-13H2,(H,24,27). The van der Waals surface area contributed by atoms with Crippen LogP contribution in [0.25, 0.3) is 0 Å². The highest BCUT2D eigenvalue weighted by Crippen LogP contribution is 2.26. The Morgan fingerprint density at radius 1 is 0.931 bits per heavy atom. The second kappa shape index (κ2) is 10.2. The molecule has 0 unspecified atom stereocenters. The smallest absolute Gasteiger partial charge is 0.260 e. The zero-order valence-corrected chi connectivity index (χ0v) is 17.8. The SMILES string of the molecule is O=C(CN1CCN(C(=O)COc2ccc(Cl)c(Cl)c2)CC1)Nc1ccccc1Cl. The summed E-state index contributed by atoms with van der Waals surface area (Å²) in [7, 11) is 0. The minimum atomic E-state index is -0.138. The lowest BCUT2D eigenvalue weighted by Crippen LogP contribution is -2.51. The summed E-state index contributed by atoms with van der Waals surface area (Å²) in [5, 5.41) is 4.11. The van der Waals surface area contributed by atoms with Crippen LogP contribution in [0.3, 0.4) is 0 Å². The number of hydrogen-bond acceptors (Lipinski definition) is 4. The van der Waals surface area contributed by atoms with Crippen LogP contribution in [0, 0.1) is 0 Å². The van der Waals surface area contributed by atoms with E-state index >= 15 is 0 Å². The molecule has 0 radical (unpaired) electrons. The fourth-order valence-corrected chi connectivity index (χ4v) is 3.38. The minimum absolute atomic E-state index is 0.0784. The highest BCUT2D eigenvalue weighted by atomic mass is 35.5. The summed E-state index contributed by atoms with van der Waals surface area (Å²) >= 11 is 17.9. The Balaban J connectivity index is 1.41. The largest absolute Gasteiger partial charge is 0.484 e. The molecule has 1 fully saturated rings. The van der Waals surface area contributed by atoms with Crippen LogP contribution in [0.5, 0.6) is 5.75 Å². The van der Waals surface area contributed by atoms with Crippen LogP contribution < -0.4 is 10.1 Å². The number of ether oxygens (including phenoxy) is 1. The molecule has 1 N–H and O–H groups in total. The molecule has 0 bridgehead atoms. The molecule has 1 heterocycles. The molecule has 1 aliphatic heterocycles. The molecule has 0 aliphatic carbocycles. The molecule has 1 saturated heterocycles. The molecule has 2 aromatic carbocycles. The van der Waals surface area contributed by atoms with E-state index in [9.17, 15) is 9.59 Å². The molecule has 1 aliphatic rings. The zero-order chi connectivity index (χ0) is 20.8. The number of anilines is 1. The topological polar surface area (TPSA) is 61.9 Å². The van der Waals surface area contributed by atoms with Crippen molar-refractivity contribution in [2.45, 2.75) is 0 Å². The van der Waals surface area contributed by atoms with Gasteiger partial charge in [-0.2, -0.15) is 0 Å². The van der Waals surface area contributed by atoms with Crippen molar-refractivity contribution in [1.82, 2.24) is 9.80 Å². The monoisotopic (exact) mass is 455 g/mol. The molecule has 3 rings (SSSR count). The van der Waals surface area contributed by atoms with Crippen LogP contribution in [0.2, 0.25) is 15.1 Å². The van der Waals surface area contributed by atoms with E-state index in [2.05, 4.69) is 5.32 Å². The lowest BCUT2D eigenvalue weighted by atomic mass is 10.3. The van der Waals surface area contributed by atoms with Crippen molar-refractivity contribution in [3.8, 4) is 5.75 Å². The first-order chi connectivity index (χ1) is 13.9. The molecule has 29 heavy (non-hydrogen) atoms. The lowest BCUT2D eigenvalue weighted by molar-refractivity contribution is -0.135. The Hall–Kier alpha value is -1.99. The number of carbonyl (C=O) groups is 2. The van der Waals surface area contributed by atoms with Crippen LogP contribution in [-0.2, 0) is 9.59 Å². The molecule has 0 aromatic heterocycles. The molecule has 2 aromatic rings. The Morgan fingerprint density at radius 3 is 2.34 bits per heavy atom. The maximum atomic E-state index is 12.4. The number of piperazine rings is 1. The van der Waals surface area contributed by atoms with Crippen molar-refractivity contribution < 1.29 is 14.3 Å². The first-order valence-corrected chi connectivity index (χ1v) is 10.2. The lowest BCUT2D eigenvalue weighted by Gasteiger charge is -2.34. The van der Waals surface area contributed by atoms with Crippen molar-refractivity contribution in [2.75, 3.05) is 44.6 Å². The summed E-state index contributed by atoms with van der Waals surface area (Å²) in [6.07, 6.45) is 0. The van der Waals surface area contributed by atoms with E-state index in [1.165, 1.54) is 0 Å². The third-order valence-corrected chi connectivity index (χ3v) is 5.56. The van der Waals surface area contributed by atoms with Gasteiger partial charge in [0.25, 0.3) is 5.91 Å².